The third kappa shape index (κ3) is 3.03. The second-order valence-corrected chi connectivity index (χ2v) is 6.26. The third-order valence-electron chi connectivity index (χ3n) is 4.94. The van der Waals surface area contributed by atoms with E-state index < -0.39 is 0 Å². The summed E-state index contributed by atoms with van der Waals surface area (Å²) >= 11 is 0. The van der Waals surface area contributed by atoms with Crippen LogP contribution < -0.4 is 10.5 Å². The van der Waals surface area contributed by atoms with Crippen LogP contribution >= 0.6 is 0 Å². The fourth-order valence-corrected chi connectivity index (χ4v) is 3.63. The van der Waals surface area contributed by atoms with Crippen LogP contribution in [0.5, 0.6) is 5.88 Å². The van der Waals surface area contributed by atoms with Gasteiger partial charge in [-0.15, -0.1) is 0 Å². The normalized spacial score (nSPS) is 24.4. The second-order valence-electron chi connectivity index (χ2n) is 6.26. The highest BCUT2D eigenvalue weighted by atomic mass is 16.5. The van der Waals surface area contributed by atoms with Gasteiger partial charge in [0.15, 0.2) is 0 Å². The fraction of sp³-hybridized carbons (Fsp3) is 0.647. The highest BCUT2D eigenvalue weighted by molar-refractivity contribution is 5.43. The number of hydrogen-bond acceptors (Lipinski definition) is 4. The molecular weight excluding hydrogens is 262 g/mol. The number of nitrogens with zero attached hydrogens (tertiary/aromatic N) is 2. The first-order valence-corrected chi connectivity index (χ1v) is 8.07. The van der Waals surface area contributed by atoms with Gasteiger partial charge in [0, 0.05) is 5.69 Å². The van der Waals surface area contributed by atoms with Gasteiger partial charge in [0.05, 0.1) is 6.61 Å². The molecule has 1 aromatic rings. The molecule has 4 nitrogen and oxygen atoms in total. The summed E-state index contributed by atoms with van der Waals surface area (Å²) in [6.07, 6.45) is 8.03. The lowest BCUT2D eigenvalue weighted by atomic mass is 9.95. The highest BCUT2D eigenvalue weighted by Crippen LogP contribution is 2.32. The summed E-state index contributed by atoms with van der Waals surface area (Å²) < 4.78 is 5.92. The molecule has 0 bridgehead atoms. The largest absolute Gasteiger partial charge is 0.476 e. The first kappa shape index (κ1) is 14.3. The van der Waals surface area contributed by atoms with Gasteiger partial charge in [-0.3, -0.25) is 0 Å². The van der Waals surface area contributed by atoms with E-state index >= 15 is 0 Å². The van der Waals surface area contributed by atoms with Crippen molar-refractivity contribution in [3.05, 3.63) is 22.9 Å². The summed E-state index contributed by atoms with van der Waals surface area (Å²) in [4.78, 5) is 4.62. The Bertz CT molecular complexity index is 550. The lowest BCUT2D eigenvalue weighted by molar-refractivity contribution is 0.209. The van der Waals surface area contributed by atoms with Crippen molar-refractivity contribution in [3.8, 4) is 11.9 Å². The van der Waals surface area contributed by atoms with Crippen LogP contribution in [0.15, 0.2) is 6.07 Å². The van der Waals surface area contributed by atoms with Crippen molar-refractivity contribution >= 4 is 0 Å². The van der Waals surface area contributed by atoms with Crippen LogP contribution in [0.1, 0.15) is 48.9 Å². The Kier molecular flexibility index (Phi) is 4.40. The topological polar surface area (TPSA) is 71.9 Å². The maximum Gasteiger partial charge on any atom is 0.231 e. The lowest BCUT2D eigenvalue weighted by Gasteiger charge is -2.20. The number of aromatic nitrogens is 1. The Labute approximate surface area is 126 Å². The molecule has 3 rings (SSSR count). The predicted octanol–water partition coefficient (Wildman–Crippen LogP) is 2.59. The quantitative estimate of drug-likeness (QED) is 0.923. The highest BCUT2D eigenvalue weighted by Gasteiger charge is 2.27. The minimum absolute atomic E-state index is 0.513. The van der Waals surface area contributed by atoms with Crippen LogP contribution in [0.2, 0.25) is 0 Å². The van der Waals surface area contributed by atoms with Gasteiger partial charge in [0.2, 0.25) is 5.88 Å². The first-order valence-electron chi connectivity index (χ1n) is 8.07. The Hall–Kier alpha value is -1.60. The Morgan fingerprint density at radius 3 is 2.86 bits per heavy atom. The molecule has 2 unspecified atom stereocenters. The van der Waals surface area contributed by atoms with E-state index in [1.54, 1.807) is 0 Å². The summed E-state index contributed by atoms with van der Waals surface area (Å²) in [7, 11) is 0. The summed E-state index contributed by atoms with van der Waals surface area (Å²) in [6, 6.07) is 4.21. The summed E-state index contributed by atoms with van der Waals surface area (Å²) in [5.41, 5.74) is 8.75. The van der Waals surface area contributed by atoms with Crippen molar-refractivity contribution in [2.75, 3.05) is 13.2 Å². The van der Waals surface area contributed by atoms with E-state index in [1.807, 2.05) is 6.07 Å². The molecule has 2 aliphatic carbocycles. The van der Waals surface area contributed by atoms with Gasteiger partial charge in [0.1, 0.15) is 11.6 Å². The molecule has 2 atom stereocenters. The van der Waals surface area contributed by atoms with E-state index in [9.17, 15) is 5.26 Å². The van der Waals surface area contributed by atoms with Gasteiger partial charge in [-0.25, -0.2) is 4.98 Å². The van der Waals surface area contributed by atoms with Crippen LogP contribution in [0.4, 0.5) is 0 Å². The summed E-state index contributed by atoms with van der Waals surface area (Å²) in [5.74, 6) is 1.60. The Morgan fingerprint density at radius 1 is 1.24 bits per heavy atom. The standard InChI is InChI=1S/C17H23N3O/c18-9-13-5-3-6-14(13)11-21-17-15(10-19)8-12-4-1-2-7-16(12)20-17/h8,13-14H,1-7,9,11,18H2. The van der Waals surface area contributed by atoms with Crippen LogP contribution in [-0.4, -0.2) is 18.1 Å². The molecule has 1 aromatic heterocycles. The fourth-order valence-electron chi connectivity index (χ4n) is 3.63. The molecule has 21 heavy (non-hydrogen) atoms. The molecular formula is C17H23N3O. The second kappa shape index (κ2) is 6.44. The maximum absolute atomic E-state index is 9.32. The minimum Gasteiger partial charge on any atom is -0.476 e. The number of hydrogen-bond donors (Lipinski definition) is 1. The SMILES string of the molecule is N#Cc1cc2c(nc1OCC1CCCC1CN)CCCC2. The van der Waals surface area contributed by atoms with Gasteiger partial charge in [-0.1, -0.05) is 6.42 Å². The van der Waals surface area contributed by atoms with Crippen molar-refractivity contribution < 1.29 is 4.74 Å². The van der Waals surface area contributed by atoms with Gasteiger partial charge in [0.25, 0.3) is 0 Å². The smallest absolute Gasteiger partial charge is 0.231 e. The number of nitrogens with two attached hydrogens (primary N) is 1. The van der Waals surface area contributed by atoms with Gasteiger partial charge < -0.3 is 10.5 Å². The van der Waals surface area contributed by atoms with Gasteiger partial charge >= 0.3 is 0 Å². The van der Waals surface area contributed by atoms with Crippen molar-refractivity contribution in [2.45, 2.75) is 44.9 Å². The molecule has 2 N–H and O–H groups in total. The minimum atomic E-state index is 0.513. The van der Waals surface area contributed by atoms with E-state index in [0.29, 0.717) is 29.9 Å². The molecule has 2 aliphatic rings. The van der Waals surface area contributed by atoms with E-state index in [0.717, 1.165) is 25.1 Å². The van der Waals surface area contributed by atoms with Crippen LogP contribution in [0, 0.1) is 23.2 Å². The summed E-state index contributed by atoms with van der Waals surface area (Å²) in [5, 5.41) is 9.32. The average Bonchev–Trinajstić information content (AvgIpc) is 2.99. The molecule has 4 heteroatoms. The molecule has 0 aliphatic heterocycles. The molecule has 1 saturated carbocycles. The van der Waals surface area contributed by atoms with Gasteiger partial charge in [-0.2, -0.15) is 5.26 Å². The maximum atomic E-state index is 9.32. The molecule has 0 radical (unpaired) electrons. The van der Waals surface area contributed by atoms with E-state index in [-0.39, 0.29) is 0 Å². The molecule has 1 fully saturated rings. The molecule has 1 heterocycles. The predicted molar refractivity (Wildman–Crippen MR) is 81.0 cm³/mol. The monoisotopic (exact) mass is 285 g/mol. The van der Waals surface area contributed by atoms with E-state index in [2.05, 4.69) is 11.1 Å². The number of aryl methyl sites for hydroxylation is 2. The Morgan fingerprint density at radius 2 is 2.05 bits per heavy atom. The lowest BCUT2D eigenvalue weighted by Crippen LogP contribution is -2.24. The van der Waals surface area contributed by atoms with Crippen molar-refractivity contribution in [3.63, 3.8) is 0 Å². The third-order valence-corrected chi connectivity index (χ3v) is 4.94. The van der Waals surface area contributed by atoms with E-state index in [1.165, 1.54) is 37.7 Å². The van der Waals surface area contributed by atoms with Crippen LogP contribution in [0.25, 0.3) is 0 Å². The van der Waals surface area contributed by atoms with Crippen LogP contribution in [0.3, 0.4) is 0 Å². The zero-order valence-electron chi connectivity index (χ0n) is 12.5. The molecule has 112 valence electrons. The molecule has 0 saturated heterocycles. The van der Waals surface area contributed by atoms with Crippen molar-refractivity contribution in [1.29, 1.82) is 5.26 Å². The van der Waals surface area contributed by atoms with Gasteiger partial charge in [-0.05, 0) is 68.5 Å². The number of ether oxygens (including phenoxy) is 1. The van der Waals surface area contributed by atoms with E-state index in [4.69, 9.17) is 10.5 Å². The number of rotatable bonds is 4. The Balaban J connectivity index is 1.74. The molecule has 0 aromatic carbocycles. The van der Waals surface area contributed by atoms with Crippen molar-refractivity contribution in [1.82, 2.24) is 4.98 Å². The number of pyridine rings is 1. The first-order chi connectivity index (χ1) is 10.3. The van der Waals surface area contributed by atoms with Crippen molar-refractivity contribution in [2.24, 2.45) is 17.6 Å². The molecule has 0 amide bonds. The average molecular weight is 285 g/mol. The zero-order chi connectivity index (χ0) is 14.7. The van der Waals surface area contributed by atoms with Crippen LogP contribution in [-0.2, 0) is 12.8 Å². The zero-order valence-corrected chi connectivity index (χ0v) is 12.5. The molecule has 0 spiro atoms. The summed E-state index contributed by atoms with van der Waals surface area (Å²) in [6.45, 7) is 1.37. The number of nitriles is 1. The number of fused-ring (bicyclic) bond motifs is 1.